The fourth-order valence-corrected chi connectivity index (χ4v) is 6.26. The van der Waals surface area contributed by atoms with Gasteiger partial charge in [0, 0.05) is 12.0 Å². The Bertz CT molecular complexity index is 1190. The number of fused-ring (bicyclic) bond motifs is 4. The molecule has 5 nitrogen and oxygen atoms in total. The van der Waals surface area contributed by atoms with E-state index in [2.05, 4.69) is 24.3 Å². The van der Waals surface area contributed by atoms with Gasteiger partial charge in [-0.2, -0.15) is 0 Å². The molecule has 0 radical (unpaired) electrons. The van der Waals surface area contributed by atoms with E-state index >= 15 is 0 Å². The first kappa shape index (κ1) is 21.9. The van der Waals surface area contributed by atoms with E-state index in [1.807, 2.05) is 54.6 Å². The van der Waals surface area contributed by atoms with Gasteiger partial charge in [0.1, 0.15) is 19.3 Å². The highest BCUT2D eigenvalue weighted by Gasteiger charge is 2.50. The third kappa shape index (κ3) is 3.99. The average Bonchev–Trinajstić information content (AvgIpc) is 3.58. The quantitative estimate of drug-likeness (QED) is 0.437. The van der Waals surface area contributed by atoms with Crippen molar-refractivity contribution in [2.24, 2.45) is 5.92 Å². The number of nitrogens with zero attached hydrogens (tertiary/aromatic N) is 1. The molecule has 178 valence electrons. The third-order valence-corrected chi connectivity index (χ3v) is 7.88. The summed E-state index contributed by atoms with van der Waals surface area (Å²) < 4.78 is 11.6. The zero-order chi connectivity index (χ0) is 23.8. The predicted molar refractivity (Wildman–Crippen MR) is 133 cm³/mol. The van der Waals surface area contributed by atoms with Crippen LogP contribution in [0.4, 0.5) is 4.79 Å². The number of carbonyl (C=O) groups is 2. The second-order valence-corrected chi connectivity index (χ2v) is 9.81. The molecule has 1 heterocycles. The van der Waals surface area contributed by atoms with Gasteiger partial charge in [-0.1, -0.05) is 85.3 Å². The molecule has 0 bridgehead atoms. The summed E-state index contributed by atoms with van der Waals surface area (Å²) in [5, 5.41) is 0. The molecule has 1 saturated heterocycles. The minimum atomic E-state index is -0.579. The molecule has 35 heavy (non-hydrogen) atoms. The number of rotatable bonds is 5. The van der Waals surface area contributed by atoms with Crippen LogP contribution in [0.3, 0.4) is 0 Å². The van der Waals surface area contributed by atoms with Crippen LogP contribution in [-0.2, 0) is 20.9 Å². The lowest BCUT2D eigenvalue weighted by atomic mass is 9.98. The minimum absolute atomic E-state index is 0.00295. The van der Waals surface area contributed by atoms with Crippen LogP contribution in [0.15, 0.2) is 78.9 Å². The molecule has 2 fully saturated rings. The van der Waals surface area contributed by atoms with Gasteiger partial charge in [0.05, 0.1) is 0 Å². The van der Waals surface area contributed by atoms with Crippen LogP contribution in [0.1, 0.15) is 48.3 Å². The maximum absolute atomic E-state index is 13.5. The Labute approximate surface area is 205 Å². The van der Waals surface area contributed by atoms with Crippen molar-refractivity contribution in [1.29, 1.82) is 0 Å². The molecule has 0 aromatic heterocycles. The summed E-state index contributed by atoms with van der Waals surface area (Å²) in [5.74, 6) is -0.00155. The molecule has 1 amide bonds. The van der Waals surface area contributed by atoms with Gasteiger partial charge in [0.15, 0.2) is 0 Å². The Morgan fingerprint density at radius 3 is 2.17 bits per heavy atom. The molecule has 0 N–H and O–H groups in total. The number of esters is 1. The van der Waals surface area contributed by atoms with E-state index in [0.29, 0.717) is 12.3 Å². The monoisotopic (exact) mass is 467 g/mol. The van der Waals surface area contributed by atoms with Gasteiger partial charge in [0.25, 0.3) is 0 Å². The van der Waals surface area contributed by atoms with Crippen LogP contribution in [0.2, 0.25) is 0 Å². The molecule has 2 aliphatic carbocycles. The maximum Gasteiger partial charge on any atom is 0.410 e. The molecule has 3 atom stereocenters. The molecular formula is C30H29NO4. The summed E-state index contributed by atoms with van der Waals surface area (Å²) in [6.45, 7) is 0.469. The molecule has 6 rings (SSSR count). The number of hydrogen-bond acceptors (Lipinski definition) is 4. The molecular weight excluding hydrogens is 438 g/mol. The van der Waals surface area contributed by atoms with Crippen LogP contribution in [0, 0.1) is 5.92 Å². The van der Waals surface area contributed by atoms with Gasteiger partial charge < -0.3 is 9.47 Å². The summed E-state index contributed by atoms with van der Waals surface area (Å²) in [5.41, 5.74) is 5.69. The number of amides is 1. The van der Waals surface area contributed by atoms with Crippen molar-refractivity contribution in [3.63, 3.8) is 0 Å². The van der Waals surface area contributed by atoms with E-state index in [-0.39, 0.29) is 31.1 Å². The van der Waals surface area contributed by atoms with E-state index in [4.69, 9.17) is 9.47 Å². The smallest absolute Gasteiger partial charge is 0.410 e. The Hall–Kier alpha value is -3.60. The van der Waals surface area contributed by atoms with Gasteiger partial charge in [-0.15, -0.1) is 0 Å². The number of likely N-dealkylation sites (tertiary alicyclic amines) is 1. The normalized spacial score (nSPS) is 22.4. The van der Waals surface area contributed by atoms with Crippen LogP contribution in [0.5, 0.6) is 0 Å². The van der Waals surface area contributed by atoms with Crippen LogP contribution in [-0.4, -0.2) is 35.7 Å². The molecule has 3 aliphatic rings. The third-order valence-electron chi connectivity index (χ3n) is 7.88. The Morgan fingerprint density at radius 2 is 1.46 bits per heavy atom. The van der Waals surface area contributed by atoms with Crippen molar-refractivity contribution in [2.45, 2.75) is 50.3 Å². The summed E-state index contributed by atoms with van der Waals surface area (Å²) in [6, 6.07) is 25.7. The Morgan fingerprint density at radius 1 is 0.800 bits per heavy atom. The zero-order valence-corrected chi connectivity index (χ0v) is 19.6. The molecule has 3 aromatic carbocycles. The molecule has 1 aliphatic heterocycles. The Balaban J connectivity index is 1.18. The van der Waals surface area contributed by atoms with Crippen molar-refractivity contribution in [3.05, 3.63) is 95.6 Å². The van der Waals surface area contributed by atoms with Gasteiger partial charge in [-0.25, -0.2) is 9.59 Å². The van der Waals surface area contributed by atoms with E-state index < -0.39 is 12.1 Å². The van der Waals surface area contributed by atoms with Crippen molar-refractivity contribution in [3.8, 4) is 11.1 Å². The first-order valence-electron chi connectivity index (χ1n) is 12.5. The van der Waals surface area contributed by atoms with E-state index in [1.165, 1.54) is 22.3 Å². The largest absolute Gasteiger partial charge is 0.459 e. The van der Waals surface area contributed by atoms with Crippen molar-refractivity contribution in [2.75, 3.05) is 6.61 Å². The highest BCUT2D eigenvalue weighted by Crippen LogP contribution is 2.45. The first-order valence-corrected chi connectivity index (χ1v) is 12.5. The zero-order valence-electron chi connectivity index (χ0n) is 19.6. The Kier molecular flexibility index (Phi) is 5.77. The maximum atomic E-state index is 13.5. The van der Waals surface area contributed by atoms with Gasteiger partial charge in [-0.3, -0.25) is 4.90 Å². The van der Waals surface area contributed by atoms with Gasteiger partial charge in [-0.05, 0) is 53.0 Å². The summed E-state index contributed by atoms with van der Waals surface area (Å²) in [4.78, 5) is 28.2. The summed E-state index contributed by atoms with van der Waals surface area (Å²) in [7, 11) is 0. The molecule has 3 aromatic rings. The highest BCUT2D eigenvalue weighted by atomic mass is 16.6. The number of benzene rings is 3. The fraction of sp³-hybridized carbons (Fsp3) is 0.333. The predicted octanol–water partition coefficient (Wildman–Crippen LogP) is 5.92. The van der Waals surface area contributed by atoms with E-state index in [9.17, 15) is 9.59 Å². The van der Waals surface area contributed by atoms with Gasteiger partial charge in [0.2, 0.25) is 0 Å². The molecule has 1 saturated carbocycles. The van der Waals surface area contributed by atoms with Crippen molar-refractivity contribution in [1.82, 2.24) is 4.90 Å². The van der Waals surface area contributed by atoms with Gasteiger partial charge >= 0.3 is 12.1 Å². The SMILES string of the molecule is O=C(OCc1ccccc1)[C@@H]1C[C@@H]2CCC[C@@H]2N1C(=O)OCC1c2ccccc2-c2ccccc21. The van der Waals surface area contributed by atoms with E-state index in [0.717, 1.165) is 24.8 Å². The molecule has 0 spiro atoms. The number of ether oxygens (including phenoxy) is 2. The lowest BCUT2D eigenvalue weighted by Gasteiger charge is -2.28. The first-order chi connectivity index (χ1) is 17.2. The molecule has 5 heteroatoms. The lowest BCUT2D eigenvalue weighted by Crippen LogP contribution is -2.46. The lowest BCUT2D eigenvalue weighted by molar-refractivity contribution is -0.150. The van der Waals surface area contributed by atoms with Crippen molar-refractivity contribution >= 4 is 12.1 Å². The number of hydrogen-bond donors (Lipinski definition) is 0. The fourth-order valence-electron chi connectivity index (χ4n) is 6.26. The number of carbonyl (C=O) groups excluding carboxylic acids is 2. The highest BCUT2D eigenvalue weighted by molar-refractivity contribution is 5.83. The van der Waals surface area contributed by atoms with Crippen LogP contribution < -0.4 is 0 Å². The summed E-state index contributed by atoms with van der Waals surface area (Å²) in [6.07, 6.45) is 3.29. The second-order valence-electron chi connectivity index (χ2n) is 9.81. The molecule has 0 unspecified atom stereocenters. The van der Waals surface area contributed by atoms with Crippen LogP contribution in [0.25, 0.3) is 11.1 Å². The van der Waals surface area contributed by atoms with Crippen molar-refractivity contribution < 1.29 is 19.1 Å². The minimum Gasteiger partial charge on any atom is -0.459 e. The van der Waals surface area contributed by atoms with Crippen LogP contribution >= 0.6 is 0 Å². The average molecular weight is 468 g/mol. The van der Waals surface area contributed by atoms with E-state index in [1.54, 1.807) is 4.90 Å². The topological polar surface area (TPSA) is 55.8 Å². The summed E-state index contributed by atoms with van der Waals surface area (Å²) >= 11 is 0. The standard InChI is InChI=1S/C30H29NO4/c32-29(34-18-20-9-2-1-3-10-20)28-17-21-11-8-16-27(21)31(28)30(33)35-19-26-24-14-6-4-12-22(24)23-13-5-7-15-25(23)26/h1-7,9-10,12-15,21,26-28H,8,11,16-19H2/t21-,27-,28-/m0/s1. The second kappa shape index (κ2) is 9.21.